The molecule has 4 aromatic heterocycles. The molecule has 4 nitrogen and oxygen atoms in total. The summed E-state index contributed by atoms with van der Waals surface area (Å²) >= 11 is 0. The summed E-state index contributed by atoms with van der Waals surface area (Å²) in [6.45, 7) is 37.2. The number of para-hydroxylation sites is 2. The third-order valence-corrected chi connectivity index (χ3v) is 13.4. The minimum absolute atomic E-state index is 0.335. The zero-order chi connectivity index (χ0) is 42.0. The fraction of sp³-hybridized carbons (Fsp3) is 0.434. The van der Waals surface area contributed by atoms with Gasteiger partial charge in [-0.2, -0.15) is 9.13 Å². The zero-order valence-corrected chi connectivity index (χ0v) is 38.5. The highest BCUT2D eigenvalue weighted by Gasteiger charge is 2.41. The molecule has 300 valence electrons. The summed E-state index contributed by atoms with van der Waals surface area (Å²) in [6, 6.07) is 27.7. The lowest BCUT2D eigenvalue weighted by atomic mass is 9.83. The number of aromatic nitrogens is 4. The smallest absolute Gasteiger partial charge is 0.229 e. The lowest BCUT2D eigenvalue weighted by molar-refractivity contribution is -0.687. The molecule has 6 rings (SSSR count). The van der Waals surface area contributed by atoms with Crippen LogP contribution in [0.1, 0.15) is 160 Å². The fourth-order valence-electron chi connectivity index (χ4n) is 9.65. The molecule has 0 fully saturated rings. The highest BCUT2D eigenvalue weighted by molar-refractivity contribution is 5.70. The third kappa shape index (κ3) is 6.81. The van der Waals surface area contributed by atoms with Crippen molar-refractivity contribution in [2.45, 2.75) is 140 Å². The SMILES string of the molecule is Cc1c(C)c(-c2cccc(C(C)(C)c3cccc(-c4c(C)c(C)c(C)n4-c4c(C(C)C)cccc4C(C)C)[n+]3C)[n+]2C)n(-c2c(C(C)C)cccc2C(C)C)c1C. The predicted octanol–water partition coefficient (Wildman–Crippen LogP) is 12.9. The van der Waals surface area contributed by atoms with Crippen LogP contribution in [0.15, 0.2) is 72.8 Å². The topological polar surface area (TPSA) is 17.6 Å². The molecule has 0 unspecified atom stereocenters. The molecule has 0 spiro atoms. The number of benzene rings is 2. The van der Waals surface area contributed by atoms with E-state index in [4.69, 9.17) is 0 Å². The third-order valence-electron chi connectivity index (χ3n) is 13.4. The second kappa shape index (κ2) is 15.6. The van der Waals surface area contributed by atoms with E-state index in [9.17, 15) is 0 Å². The Kier molecular flexibility index (Phi) is 11.5. The highest BCUT2D eigenvalue weighted by Crippen LogP contribution is 2.41. The molecule has 0 aliphatic rings. The van der Waals surface area contributed by atoms with E-state index in [-0.39, 0.29) is 5.41 Å². The molecule has 0 amide bonds. The van der Waals surface area contributed by atoms with E-state index in [1.54, 1.807) is 0 Å². The molecule has 0 saturated carbocycles. The summed E-state index contributed by atoms with van der Waals surface area (Å²) in [6.07, 6.45) is 0. The van der Waals surface area contributed by atoms with E-state index >= 15 is 0 Å². The van der Waals surface area contributed by atoms with Crippen molar-refractivity contribution in [2.75, 3.05) is 0 Å². The molecule has 57 heavy (non-hydrogen) atoms. The van der Waals surface area contributed by atoms with Crippen LogP contribution in [-0.2, 0) is 19.5 Å². The highest BCUT2D eigenvalue weighted by atomic mass is 15.1. The van der Waals surface area contributed by atoms with E-state index in [1.807, 2.05) is 0 Å². The van der Waals surface area contributed by atoms with Crippen LogP contribution in [0.2, 0.25) is 0 Å². The maximum Gasteiger partial charge on any atom is 0.229 e. The molecule has 4 heteroatoms. The van der Waals surface area contributed by atoms with Gasteiger partial charge in [-0.3, -0.25) is 0 Å². The number of hydrogen-bond acceptors (Lipinski definition) is 0. The van der Waals surface area contributed by atoms with E-state index < -0.39 is 0 Å². The summed E-state index contributed by atoms with van der Waals surface area (Å²) in [7, 11) is 4.54. The minimum Gasteiger partial charge on any atom is -0.308 e. The Bertz CT molecular complexity index is 2250. The van der Waals surface area contributed by atoms with Crippen LogP contribution in [0.4, 0.5) is 0 Å². The Balaban J connectivity index is 1.59. The molecule has 0 radical (unpaired) electrons. The fourth-order valence-corrected chi connectivity index (χ4v) is 9.65. The molecule has 4 heterocycles. The van der Waals surface area contributed by atoms with Gasteiger partial charge in [-0.25, -0.2) is 0 Å². The molecular formula is C53H70N4+2. The predicted molar refractivity (Wildman–Crippen MR) is 242 cm³/mol. The van der Waals surface area contributed by atoms with E-state index in [1.165, 1.54) is 101 Å². The molecule has 0 aliphatic heterocycles. The van der Waals surface area contributed by atoms with Crippen molar-refractivity contribution in [1.82, 2.24) is 9.13 Å². The monoisotopic (exact) mass is 763 g/mol. The molecule has 2 aromatic carbocycles. The molecule has 0 bridgehead atoms. The van der Waals surface area contributed by atoms with Crippen molar-refractivity contribution in [3.8, 4) is 34.2 Å². The summed E-state index contributed by atoms with van der Waals surface area (Å²) < 4.78 is 10.1. The lowest BCUT2D eigenvalue weighted by Crippen LogP contribution is -2.49. The maximum atomic E-state index is 2.59. The van der Waals surface area contributed by atoms with Gasteiger partial charge in [0.05, 0.1) is 11.4 Å². The van der Waals surface area contributed by atoms with Gasteiger partial charge in [0.25, 0.3) is 0 Å². The first-order chi connectivity index (χ1) is 26.7. The van der Waals surface area contributed by atoms with Crippen molar-refractivity contribution in [3.63, 3.8) is 0 Å². The molecule has 0 atom stereocenters. The Morgan fingerprint density at radius 2 is 0.702 bits per heavy atom. The first-order valence-corrected chi connectivity index (χ1v) is 21.4. The van der Waals surface area contributed by atoms with Crippen LogP contribution >= 0.6 is 0 Å². The molecular weight excluding hydrogens is 693 g/mol. The standard InChI is InChI=1S/C53H70N4/c1-31(2)41-23-19-24-42(32(3)4)51(41)56-39(13)35(9)37(11)49(56)45-27-21-29-47(54(45)17)53(15,16)48-30-22-28-46(55(48)18)50-38(12)36(10)40(14)57(50)52-43(33(5)6)25-20-26-44(52)34(7)8/h19-34H,1-18H3/q+2. The quantitative estimate of drug-likeness (QED) is 0.124. The van der Waals surface area contributed by atoms with Crippen LogP contribution in [0.3, 0.4) is 0 Å². The Morgan fingerprint density at radius 3 is 0.982 bits per heavy atom. The van der Waals surface area contributed by atoms with Gasteiger partial charge in [0.2, 0.25) is 11.4 Å². The average Bonchev–Trinajstić information content (AvgIpc) is 3.52. The Hall–Kier alpha value is -4.70. The van der Waals surface area contributed by atoms with Crippen LogP contribution in [-0.4, -0.2) is 9.13 Å². The molecule has 0 aliphatic carbocycles. The first-order valence-electron chi connectivity index (χ1n) is 21.4. The van der Waals surface area contributed by atoms with Crippen molar-refractivity contribution in [3.05, 3.63) is 140 Å². The second-order valence-electron chi connectivity index (χ2n) is 18.6. The van der Waals surface area contributed by atoms with E-state index in [0.29, 0.717) is 23.7 Å². The average molecular weight is 763 g/mol. The van der Waals surface area contributed by atoms with Crippen molar-refractivity contribution in [2.24, 2.45) is 14.1 Å². The first kappa shape index (κ1) is 41.9. The van der Waals surface area contributed by atoms with Crippen LogP contribution in [0, 0.1) is 41.5 Å². The largest absolute Gasteiger partial charge is 0.308 e. The van der Waals surface area contributed by atoms with Crippen molar-refractivity contribution in [1.29, 1.82) is 0 Å². The van der Waals surface area contributed by atoms with Crippen molar-refractivity contribution >= 4 is 0 Å². The summed E-state index contributed by atoms with van der Waals surface area (Å²) in [5, 5.41) is 0. The summed E-state index contributed by atoms with van der Waals surface area (Å²) in [5.74, 6) is 1.59. The molecule has 6 aromatic rings. The second-order valence-corrected chi connectivity index (χ2v) is 18.6. The van der Waals surface area contributed by atoms with Crippen LogP contribution < -0.4 is 9.13 Å². The maximum absolute atomic E-state index is 2.59. The van der Waals surface area contributed by atoms with Gasteiger partial charge in [0.15, 0.2) is 11.4 Å². The zero-order valence-electron chi connectivity index (χ0n) is 38.5. The van der Waals surface area contributed by atoms with Crippen LogP contribution in [0.25, 0.3) is 34.2 Å². The normalized spacial score (nSPS) is 12.3. The van der Waals surface area contributed by atoms with Crippen molar-refractivity contribution < 1.29 is 9.13 Å². The number of nitrogens with zero attached hydrogens (tertiary/aromatic N) is 4. The van der Waals surface area contributed by atoms with Gasteiger partial charge < -0.3 is 9.13 Å². The van der Waals surface area contributed by atoms with Gasteiger partial charge in [0.1, 0.15) is 30.9 Å². The van der Waals surface area contributed by atoms with Gasteiger partial charge in [-0.05, 0) is 136 Å². The molecule has 0 saturated heterocycles. The summed E-state index contributed by atoms with van der Waals surface area (Å²) in [4.78, 5) is 0. The van der Waals surface area contributed by atoms with E-state index in [2.05, 4.69) is 216 Å². The number of rotatable bonds is 10. The van der Waals surface area contributed by atoms with Gasteiger partial charge in [0, 0.05) is 35.7 Å². The minimum atomic E-state index is -0.335. The Labute approximate surface area is 345 Å². The Morgan fingerprint density at radius 1 is 0.421 bits per heavy atom. The van der Waals surface area contributed by atoms with Gasteiger partial charge >= 0.3 is 0 Å². The van der Waals surface area contributed by atoms with Gasteiger partial charge in [-0.15, -0.1) is 0 Å². The van der Waals surface area contributed by atoms with E-state index in [0.717, 1.165) is 0 Å². The summed E-state index contributed by atoms with van der Waals surface area (Å²) in [5.41, 5.74) is 23.5. The van der Waals surface area contributed by atoms with Crippen LogP contribution in [0.5, 0.6) is 0 Å². The van der Waals surface area contributed by atoms with Gasteiger partial charge in [-0.1, -0.05) is 91.8 Å². The number of pyridine rings is 2. The molecule has 0 N–H and O–H groups in total. The lowest BCUT2D eigenvalue weighted by Gasteiger charge is -2.25. The number of hydrogen-bond donors (Lipinski definition) is 0.